The monoisotopic (exact) mass is 280 g/mol. The average Bonchev–Trinajstić information content (AvgIpc) is 2.34. The van der Waals surface area contributed by atoms with Crippen molar-refractivity contribution in [2.24, 2.45) is 11.8 Å². The smallest absolute Gasteiger partial charge is 0.330 e. The first-order valence-corrected chi connectivity index (χ1v) is 7.97. The Hall–Kier alpha value is -1.05. The summed E-state index contributed by atoms with van der Waals surface area (Å²) in [5.74, 6) is 1.28. The normalized spacial score (nSPS) is 14.0. The fourth-order valence-corrected chi connectivity index (χ4v) is 2.07. The number of carbonyl (C=O) groups is 1. The van der Waals surface area contributed by atoms with Crippen LogP contribution in [0.2, 0.25) is 0 Å². The van der Waals surface area contributed by atoms with Gasteiger partial charge in [-0.2, -0.15) is 0 Å². The summed E-state index contributed by atoms with van der Waals surface area (Å²) < 4.78 is 4.88. The Balaban J connectivity index is 3.84. The van der Waals surface area contributed by atoms with E-state index in [0.29, 0.717) is 12.5 Å². The Morgan fingerprint density at radius 2 is 1.80 bits per heavy atom. The third-order valence-corrected chi connectivity index (χ3v) is 3.28. The third-order valence-electron chi connectivity index (χ3n) is 3.28. The highest BCUT2D eigenvalue weighted by Gasteiger charge is 2.01. The van der Waals surface area contributed by atoms with E-state index in [0.717, 1.165) is 17.9 Å². The minimum atomic E-state index is -0.253. The minimum absolute atomic E-state index is 0.253. The summed E-state index contributed by atoms with van der Waals surface area (Å²) in [6.07, 6.45) is 12.1. The van der Waals surface area contributed by atoms with Crippen LogP contribution >= 0.6 is 0 Å². The molecule has 0 saturated carbocycles. The number of rotatable bonds is 10. The highest BCUT2D eigenvalue weighted by molar-refractivity contribution is 5.83. The van der Waals surface area contributed by atoms with Crippen LogP contribution in [-0.2, 0) is 9.53 Å². The summed E-state index contributed by atoms with van der Waals surface area (Å²) in [7, 11) is 0. The fourth-order valence-electron chi connectivity index (χ4n) is 2.07. The number of hydrogen-bond acceptors (Lipinski definition) is 2. The molecule has 2 heteroatoms. The topological polar surface area (TPSA) is 26.3 Å². The van der Waals surface area contributed by atoms with Crippen molar-refractivity contribution in [2.75, 3.05) is 6.61 Å². The van der Waals surface area contributed by atoms with E-state index < -0.39 is 0 Å². The first-order chi connectivity index (χ1) is 9.45. The summed E-state index contributed by atoms with van der Waals surface area (Å²) in [5, 5.41) is 0. The predicted octanol–water partition coefficient (Wildman–Crippen LogP) is 5.29. The van der Waals surface area contributed by atoms with Crippen LogP contribution in [0.1, 0.15) is 66.7 Å². The van der Waals surface area contributed by atoms with Gasteiger partial charge in [-0.1, -0.05) is 58.6 Å². The highest BCUT2D eigenvalue weighted by atomic mass is 16.5. The second kappa shape index (κ2) is 11.7. The summed E-state index contributed by atoms with van der Waals surface area (Å²) in [6.45, 7) is 11.0. The van der Waals surface area contributed by atoms with Crippen molar-refractivity contribution in [1.29, 1.82) is 0 Å². The van der Waals surface area contributed by atoms with Gasteiger partial charge in [0.25, 0.3) is 0 Å². The zero-order chi connectivity index (χ0) is 15.4. The van der Waals surface area contributed by atoms with Crippen LogP contribution in [0.15, 0.2) is 23.8 Å². The van der Waals surface area contributed by atoms with Gasteiger partial charge in [-0.15, -0.1) is 0 Å². The highest BCUT2D eigenvalue weighted by Crippen LogP contribution is 2.16. The standard InChI is InChI=1S/C18H32O2/c1-6-20-18(19)14-17(5)13-9-12-16(4)11-8-7-10-15(2)3/h9,13-16H,6-8,10-12H2,1-5H3/b13-9+,17-14+. The SMILES string of the molecule is CCOC(=O)/C=C(C)/C=C/CC(C)CCCCC(C)C. The van der Waals surface area contributed by atoms with E-state index in [4.69, 9.17) is 4.74 Å². The average molecular weight is 280 g/mol. The van der Waals surface area contributed by atoms with Crippen LogP contribution in [0.25, 0.3) is 0 Å². The van der Waals surface area contributed by atoms with Crippen molar-refractivity contribution in [3.8, 4) is 0 Å². The quantitative estimate of drug-likeness (QED) is 0.235. The van der Waals surface area contributed by atoms with Crippen molar-refractivity contribution in [1.82, 2.24) is 0 Å². The number of carbonyl (C=O) groups excluding carboxylic acids is 1. The summed E-state index contributed by atoms with van der Waals surface area (Å²) in [6, 6.07) is 0. The van der Waals surface area contributed by atoms with Crippen LogP contribution < -0.4 is 0 Å². The van der Waals surface area contributed by atoms with E-state index in [1.807, 2.05) is 19.9 Å². The molecule has 0 bridgehead atoms. The first kappa shape index (κ1) is 18.9. The molecular formula is C18H32O2. The second-order valence-electron chi connectivity index (χ2n) is 6.06. The number of esters is 1. The maximum Gasteiger partial charge on any atom is 0.330 e. The number of ether oxygens (including phenoxy) is 1. The fraction of sp³-hybridized carbons (Fsp3) is 0.722. The van der Waals surface area contributed by atoms with Crippen LogP contribution in [0.4, 0.5) is 0 Å². The zero-order valence-corrected chi connectivity index (χ0v) is 13.9. The third kappa shape index (κ3) is 12.0. The van der Waals surface area contributed by atoms with Gasteiger partial charge in [0.15, 0.2) is 0 Å². The van der Waals surface area contributed by atoms with Crippen molar-refractivity contribution >= 4 is 5.97 Å². The minimum Gasteiger partial charge on any atom is -0.463 e. The molecule has 0 rings (SSSR count). The van der Waals surface area contributed by atoms with Gasteiger partial charge in [0.2, 0.25) is 0 Å². The van der Waals surface area contributed by atoms with Crippen LogP contribution in [-0.4, -0.2) is 12.6 Å². The molecule has 0 amide bonds. The summed E-state index contributed by atoms with van der Waals surface area (Å²) in [4.78, 5) is 11.2. The maximum atomic E-state index is 11.2. The van der Waals surface area contributed by atoms with Gasteiger partial charge < -0.3 is 4.74 Å². The molecule has 0 aliphatic heterocycles. The van der Waals surface area contributed by atoms with Crippen molar-refractivity contribution in [3.63, 3.8) is 0 Å². The molecule has 0 aliphatic carbocycles. The lowest BCUT2D eigenvalue weighted by atomic mass is 9.97. The van der Waals surface area contributed by atoms with Crippen molar-refractivity contribution in [3.05, 3.63) is 23.8 Å². The van der Waals surface area contributed by atoms with Gasteiger partial charge in [0.1, 0.15) is 0 Å². The molecule has 1 atom stereocenters. The Bertz CT molecular complexity index is 313. The van der Waals surface area contributed by atoms with Gasteiger partial charge in [-0.3, -0.25) is 0 Å². The Labute approximate surface area is 125 Å². The van der Waals surface area contributed by atoms with E-state index in [-0.39, 0.29) is 5.97 Å². The zero-order valence-electron chi connectivity index (χ0n) is 13.9. The van der Waals surface area contributed by atoms with E-state index in [2.05, 4.69) is 26.8 Å². The lowest BCUT2D eigenvalue weighted by molar-refractivity contribution is -0.137. The molecular weight excluding hydrogens is 248 g/mol. The molecule has 0 aromatic carbocycles. The Kier molecular flexibility index (Phi) is 11.1. The molecule has 0 aromatic rings. The van der Waals surface area contributed by atoms with E-state index in [1.165, 1.54) is 25.7 Å². The van der Waals surface area contributed by atoms with Crippen molar-refractivity contribution in [2.45, 2.75) is 66.7 Å². The second-order valence-corrected chi connectivity index (χ2v) is 6.06. The molecule has 0 aliphatic rings. The lowest BCUT2D eigenvalue weighted by Gasteiger charge is -2.09. The molecule has 0 aromatic heterocycles. The molecule has 0 saturated heterocycles. The van der Waals surface area contributed by atoms with E-state index >= 15 is 0 Å². The Morgan fingerprint density at radius 1 is 1.15 bits per heavy atom. The molecule has 0 fully saturated rings. The number of unbranched alkanes of at least 4 members (excludes halogenated alkanes) is 1. The van der Waals surface area contributed by atoms with Gasteiger partial charge in [-0.25, -0.2) is 4.79 Å². The maximum absolute atomic E-state index is 11.2. The molecule has 0 N–H and O–H groups in total. The van der Waals surface area contributed by atoms with E-state index in [9.17, 15) is 4.79 Å². The molecule has 0 heterocycles. The molecule has 2 nitrogen and oxygen atoms in total. The van der Waals surface area contributed by atoms with Crippen LogP contribution in [0.5, 0.6) is 0 Å². The molecule has 0 spiro atoms. The van der Waals surface area contributed by atoms with Gasteiger partial charge >= 0.3 is 5.97 Å². The van der Waals surface area contributed by atoms with Gasteiger partial charge in [-0.05, 0) is 37.7 Å². The summed E-state index contributed by atoms with van der Waals surface area (Å²) >= 11 is 0. The lowest BCUT2D eigenvalue weighted by Crippen LogP contribution is -1.99. The van der Waals surface area contributed by atoms with E-state index in [1.54, 1.807) is 6.08 Å². The van der Waals surface area contributed by atoms with Crippen LogP contribution in [0, 0.1) is 11.8 Å². The molecule has 20 heavy (non-hydrogen) atoms. The predicted molar refractivity (Wildman–Crippen MR) is 86.6 cm³/mol. The largest absolute Gasteiger partial charge is 0.463 e. The van der Waals surface area contributed by atoms with Crippen LogP contribution in [0.3, 0.4) is 0 Å². The first-order valence-electron chi connectivity index (χ1n) is 7.97. The Morgan fingerprint density at radius 3 is 2.40 bits per heavy atom. The van der Waals surface area contributed by atoms with Gasteiger partial charge in [0, 0.05) is 6.08 Å². The molecule has 116 valence electrons. The number of hydrogen-bond donors (Lipinski definition) is 0. The van der Waals surface area contributed by atoms with Gasteiger partial charge in [0.05, 0.1) is 6.61 Å². The molecule has 1 unspecified atom stereocenters. The summed E-state index contributed by atoms with van der Waals surface area (Å²) in [5.41, 5.74) is 0.954. The molecule has 0 radical (unpaired) electrons. The van der Waals surface area contributed by atoms with Crippen molar-refractivity contribution < 1.29 is 9.53 Å². The number of allylic oxidation sites excluding steroid dienone is 3.